The third kappa shape index (κ3) is 6.60. The smallest absolute Gasteiger partial charge is 0.244 e. The summed E-state index contributed by atoms with van der Waals surface area (Å²) >= 11 is 12.1. The molecule has 0 saturated carbocycles. The van der Waals surface area contributed by atoms with E-state index in [-0.39, 0.29) is 12.5 Å². The number of carbonyl (C=O) groups excluding carboxylic acids is 2. The second kappa shape index (κ2) is 11.0. The number of benzene rings is 2. The highest BCUT2D eigenvalue weighted by Crippen LogP contribution is 2.28. The lowest BCUT2D eigenvalue weighted by Crippen LogP contribution is -2.51. The third-order valence-electron chi connectivity index (χ3n) is 4.97. The SMILES string of the molecule is CCNC(=O)[C@@H](C)N(Cc1ccc(Cl)cc1)C(=O)CN(c1cccc(Cl)c1C)S(C)(=O)=O. The molecule has 0 aliphatic rings. The molecule has 0 saturated heterocycles. The first-order valence-electron chi connectivity index (χ1n) is 10.00. The van der Waals surface area contributed by atoms with Crippen molar-refractivity contribution in [2.24, 2.45) is 0 Å². The van der Waals surface area contributed by atoms with Crippen molar-refractivity contribution in [3.05, 3.63) is 63.6 Å². The van der Waals surface area contributed by atoms with Crippen LogP contribution in [0.4, 0.5) is 5.69 Å². The van der Waals surface area contributed by atoms with Crippen LogP contribution >= 0.6 is 23.2 Å². The van der Waals surface area contributed by atoms with E-state index in [0.29, 0.717) is 27.8 Å². The summed E-state index contributed by atoms with van der Waals surface area (Å²) in [6.45, 7) is 5.11. The van der Waals surface area contributed by atoms with Gasteiger partial charge in [0.2, 0.25) is 21.8 Å². The molecule has 1 N–H and O–H groups in total. The molecular formula is C22H27Cl2N3O4S. The molecule has 2 aromatic rings. The van der Waals surface area contributed by atoms with Crippen molar-refractivity contribution < 1.29 is 18.0 Å². The molecule has 2 aromatic carbocycles. The quantitative estimate of drug-likeness (QED) is 0.570. The standard InChI is InChI=1S/C22H27Cl2N3O4S/c1-5-25-22(29)16(3)26(13-17-9-11-18(23)12-10-17)21(28)14-27(32(4,30)31)20-8-6-7-19(24)15(20)2/h6-12,16H,5,13-14H2,1-4H3,(H,25,29)/t16-/m1/s1. The number of sulfonamides is 1. The Morgan fingerprint density at radius 3 is 2.28 bits per heavy atom. The lowest BCUT2D eigenvalue weighted by molar-refractivity contribution is -0.139. The summed E-state index contributed by atoms with van der Waals surface area (Å²) in [5.41, 5.74) is 1.60. The summed E-state index contributed by atoms with van der Waals surface area (Å²) in [6.07, 6.45) is 1.03. The first-order chi connectivity index (χ1) is 15.0. The van der Waals surface area contributed by atoms with E-state index >= 15 is 0 Å². The van der Waals surface area contributed by atoms with Crippen LogP contribution in [0.1, 0.15) is 25.0 Å². The van der Waals surface area contributed by atoms with Gasteiger partial charge in [0, 0.05) is 23.1 Å². The van der Waals surface area contributed by atoms with E-state index in [1.807, 2.05) is 0 Å². The molecule has 0 radical (unpaired) electrons. The van der Waals surface area contributed by atoms with Gasteiger partial charge in [-0.1, -0.05) is 41.4 Å². The lowest BCUT2D eigenvalue weighted by Gasteiger charge is -2.32. The molecule has 0 spiro atoms. The van der Waals surface area contributed by atoms with E-state index in [0.717, 1.165) is 16.1 Å². The number of nitrogens with zero attached hydrogens (tertiary/aromatic N) is 2. The van der Waals surface area contributed by atoms with E-state index in [2.05, 4.69) is 5.32 Å². The normalized spacial score (nSPS) is 12.2. The van der Waals surface area contributed by atoms with Gasteiger partial charge >= 0.3 is 0 Å². The Balaban J connectivity index is 2.42. The minimum Gasteiger partial charge on any atom is -0.355 e. The number of halogens is 2. The second-order valence-corrected chi connectivity index (χ2v) is 10.1. The average Bonchev–Trinajstić information content (AvgIpc) is 2.72. The maximum Gasteiger partial charge on any atom is 0.244 e. The molecular weight excluding hydrogens is 473 g/mol. The zero-order valence-electron chi connectivity index (χ0n) is 18.4. The van der Waals surface area contributed by atoms with Crippen LogP contribution in [-0.2, 0) is 26.2 Å². The van der Waals surface area contributed by atoms with Crippen LogP contribution in [0.25, 0.3) is 0 Å². The van der Waals surface area contributed by atoms with Crippen LogP contribution < -0.4 is 9.62 Å². The molecule has 0 aliphatic heterocycles. The van der Waals surface area contributed by atoms with Gasteiger partial charge in [-0.3, -0.25) is 13.9 Å². The zero-order chi connectivity index (χ0) is 24.1. The molecule has 0 heterocycles. The topological polar surface area (TPSA) is 86.8 Å². The van der Waals surface area contributed by atoms with Crippen molar-refractivity contribution in [1.29, 1.82) is 0 Å². The molecule has 0 fully saturated rings. The molecule has 32 heavy (non-hydrogen) atoms. The molecule has 2 amide bonds. The van der Waals surface area contributed by atoms with E-state index in [4.69, 9.17) is 23.2 Å². The molecule has 10 heteroatoms. The fourth-order valence-electron chi connectivity index (χ4n) is 3.15. The Bertz CT molecular complexity index is 1080. The first kappa shape index (κ1) is 26.0. The van der Waals surface area contributed by atoms with Gasteiger partial charge in [-0.25, -0.2) is 8.42 Å². The van der Waals surface area contributed by atoms with Gasteiger partial charge < -0.3 is 10.2 Å². The number of hydrogen-bond acceptors (Lipinski definition) is 4. The number of nitrogens with one attached hydrogen (secondary N) is 1. The first-order valence-corrected chi connectivity index (χ1v) is 12.6. The summed E-state index contributed by atoms with van der Waals surface area (Å²) in [5.74, 6) is -0.858. The van der Waals surface area contributed by atoms with Crippen molar-refractivity contribution in [3.63, 3.8) is 0 Å². The van der Waals surface area contributed by atoms with Crippen LogP contribution in [-0.4, -0.2) is 50.5 Å². The Labute approximate surface area is 199 Å². The number of rotatable bonds is 9. The minimum atomic E-state index is -3.81. The number of amides is 2. The van der Waals surface area contributed by atoms with Gasteiger partial charge in [-0.05, 0) is 56.2 Å². The summed E-state index contributed by atoms with van der Waals surface area (Å²) in [5, 5.41) is 3.64. The second-order valence-electron chi connectivity index (χ2n) is 7.37. The van der Waals surface area contributed by atoms with Gasteiger partial charge in [-0.2, -0.15) is 0 Å². The monoisotopic (exact) mass is 499 g/mol. The van der Waals surface area contributed by atoms with Gasteiger partial charge in [0.25, 0.3) is 0 Å². The molecule has 0 aromatic heterocycles. The van der Waals surface area contributed by atoms with Crippen LogP contribution in [0.3, 0.4) is 0 Å². The van der Waals surface area contributed by atoms with Crippen LogP contribution in [0.15, 0.2) is 42.5 Å². The Kier molecular flexibility index (Phi) is 8.95. The largest absolute Gasteiger partial charge is 0.355 e. The summed E-state index contributed by atoms with van der Waals surface area (Å²) < 4.78 is 26.2. The maximum absolute atomic E-state index is 13.4. The van der Waals surface area contributed by atoms with Gasteiger partial charge in [0.15, 0.2) is 0 Å². The molecule has 0 unspecified atom stereocenters. The maximum atomic E-state index is 13.4. The Morgan fingerprint density at radius 1 is 1.09 bits per heavy atom. The predicted molar refractivity (Wildman–Crippen MR) is 129 cm³/mol. The summed E-state index contributed by atoms with van der Waals surface area (Å²) in [7, 11) is -3.81. The Morgan fingerprint density at radius 2 is 1.72 bits per heavy atom. The molecule has 174 valence electrons. The molecule has 7 nitrogen and oxygen atoms in total. The van der Waals surface area contributed by atoms with Crippen molar-refractivity contribution >= 4 is 50.7 Å². The van der Waals surface area contributed by atoms with Gasteiger partial charge in [-0.15, -0.1) is 0 Å². The van der Waals surface area contributed by atoms with E-state index < -0.39 is 28.5 Å². The minimum absolute atomic E-state index is 0.112. The number of anilines is 1. The highest BCUT2D eigenvalue weighted by molar-refractivity contribution is 7.92. The Hall–Kier alpha value is -2.29. The number of likely N-dealkylation sites (N-methyl/N-ethyl adjacent to an activating group) is 1. The summed E-state index contributed by atoms with van der Waals surface area (Å²) in [4.78, 5) is 27.2. The highest BCUT2D eigenvalue weighted by Gasteiger charge is 2.30. The van der Waals surface area contributed by atoms with E-state index in [9.17, 15) is 18.0 Å². The fourth-order valence-corrected chi connectivity index (χ4v) is 4.35. The number of carbonyl (C=O) groups is 2. The molecule has 1 atom stereocenters. The average molecular weight is 500 g/mol. The van der Waals surface area contributed by atoms with Crippen molar-refractivity contribution in [1.82, 2.24) is 10.2 Å². The van der Waals surface area contributed by atoms with Gasteiger partial charge in [0.1, 0.15) is 12.6 Å². The van der Waals surface area contributed by atoms with E-state index in [1.165, 1.54) is 4.90 Å². The zero-order valence-corrected chi connectivity index (χ0v) is 20.8. The van der Waals surface area contributed by atoms with Crippen molar-refractivity contribution in [3.8, 4) is 0 Å². The lowest BCUT2D eigenvalue weighted by atomic mass is 10.1. The van der Waals surface area contributed by atoms with Crippen molar-refractivity contribution in [2.75, 3.05) is 23.7 Å². The van der Waals surface area contributed by atoms with Gasteiger partial charge in [0.05, 0.1) is 11.9 Å². The van der Waals surface area contributed by atoms with E-state index in [1.54, 1.807) is 63.2 Å². The number of hydrogen-bond donors (Lipinski definition) is 1. The molecule has 0 aliphatic carbocycles. The third-order valence-corrected chi connectivity index (χ3v) is 6.76. The molecule has 0 bridgehead atoms. The van der Waals surface area contributed by atoms with Crippen LogP contribution in [0.2, 0.25) is 10.0 Å². The van der Waals surface area contributed by atoms with Crippen molar-refractivity contribution in [2.45, 2.75) is 33.4 Å². The molecule has 2 rings (SSSR count). The highest BCUT2D eigenvalue weighted by atomic mass is 35.5. The fraction of sp³-hybridized carbons (Fsp3) is 0.364. The summed E-state index contributed by atoms with van der Waals surface area (Å²) in [6, 6.07) is 10.9. The van der Waals surface area contributed by atoms with Crippen LogP contribution in [0.5, 0.6) is 0 Å². The predicted octanol–water partition coefficient (Wildman–Crippen LogP) is 3.62. The van der Waals surface area contributed by atoms with Crippen LogP contribution in [0, 0.1) is 6.92 Å².